The van der Waals surface area contributed by atoms with Crippen molar-refractivity contribution in [3.8, 4) is 0 Å². The summed E-state index contributed by atoms with van der Waals surface area (Å²) in [6, 6.07) is 4.53. The first-order valence-corrected chi connectivity index (χ1v) is 6.79. The molecule has 1 N–H and O–H groups in total. The lowest BCUT2D eigenvalue weighted by Crippen LogP contribution is -2.46. The molecule has 3 rings (SSSR count). The third-order valence-corrected chi connectivity index (χ3v) is 4.53. The number of piperidine rings is 1. The molecule has 0 saturated carbocycles. The predicted molar refractivity (Wildman–Crippen MR) is 64.7 cm³/mol. The van der Waals surface area contributed by atoms with Crippen LogP contribution in [0.1, 0.15) is 22.5 Å². The number of nitrogens with zero attached hydrogens (tertiary/aromatic N) is 1. The average molecular weight is 236 g/mol. The number of nitrogens with one attached hydrogen (secondary N) is 1. The fraction of sp³-hybridized carbons (Fsp3) is 0.583. The highest BCUT2D eigenvalue weighted by Gasteiger charge is 2.34. The van der Waals surface area contributed by atoms with Crippen LogP contribution in [0.5, 0.6) is 0 Å². The quantitative estimate of drug-likeness (QED) is 0.803. The molecule has 16 heavy (non-hydrogen) atoms. The van der Waals surface area contributed by atoms with Gasteiger partial charge in [0.1, 0.15) is 0 Å². The highest BCUT2D eigenvalue weighted by atomic mass is 32.1. The van der Waals surface area contributed by atoms with Gasteiger partial charge in [-0.25, -0.2) is 0 Å². The maximum atomic E-state index is 12.2. The summed E-state index contributed by atoms with van der Waals surface area (Å²) in [7, 11) is 0. The minimum Gasteiger partial charge on any atom is -0.338 e. The summed E-state index contributed by atoms with van der Waals surface area (Å²) in [6.07, 6.45) is 2.33. The Hall–Kier alpha value is -0.870. The van der Waals surface area contributed by atoms with Crippen molar-refractivity contribution >= 4 is 17.2 Å². The van der Waals surface area contributed by atoms with E-state index in [1.165, 1.54) is 6.42 Å². The van der Waals surface area contributed by atoms with Crippen LogP contribution in [0, 0.1) is 5.92 Å². The van der Waals surface area contributed by atoms with E-state index >= 15 is 0 Å². The first kappa shape index (κ1) is 10.3. The number of hydrogen-bond donors (Lipinski definition) is 1. The number of rotatable bonds is 1. The Kier molecular flexibility index (Phi) is 2.69. The topological polar surface area (TPSA) is 32.3 Å². The van der Waals surface area contributed by atoms with Crippen molar-refractivity contribution in [3.05, 3.63) is 22.4 Å². The maximum absolute atomic E-state index is 12.2. The van der Waals surface area contributed by atoms with Crippen LogP contribution in [-0.4, -0.2) is 36.5 Å². The van der Waals surface area contributed by atoms with E-state index < -0.39 is 0 Å². The molecule has 0 aromatic carbocycles. The second-order valence-electron chi connectivity index (χ2n) is 4.63. The Morgan fingerprint density at radius 1 is 1.50 bits per heavy atom. The monoisotopic (exact) mass is 236 g/mol. The van der Waals surface area contributed by atoms with E-state index in [1.807, 2.05) is 22.4 Å². The van der Waals surface area contributed by atoms with Gasteiger partial charge in [-0.2, -0.15) is 0 Å². The lowest BCUT2D eigenvalue weighted by molar-refractivity contribution is 0.0667. The lowest BCUT2D eigenvalue weighted by Gasteiger charge is -2.34. The van der Waals surface area contributed by atoms with Gasteiger partial charge in [0.05, 0.1) is 4.88 Å². The molecule has 2 aliphatic heterocycles. The first-order chi connectivity index (χ1) is 7.84. The van der Waals surface area contributed by atoms with Crippen LogP contribution in [0.2, 0.25) is 0 Å². The third kappa shape index (κ3) is 1.76. The van der Waals surface area contributed by atoms with Gasteiger partial charge in [-0.1, -0.05) is 6.07 Å². The first-order valence-electron chi connectivity index (χ1n) is 5.91. The summed E-state index contributed by atoms with van der Waals surface area (Å²) >= 11 is 1.54. The van der Waals surface area contributed by atoms with Gasteiger partial charge in [-0.3, -0.25) is 4.79 Å². The number of hydrogen-bond acceptors (Lipinski definition) is 3. The molecule has 2 saturated heterocycles. The normalized spacial score (nSPS) is 29.1. The van der Waals surface area contributed by atoms with E-state index in [2.05, 4.69) is 5.32 Å². The Bertz CT molecular complexity index is 376. The van der Waals surface area contributed by atoms with Crippen molar-refractivity contribution in [2.45, 2.75) is 18.9 Å². The molecule has 1 aromatic heterocycles. The fourth-order valence-electron chi connectivity index (χ4n) is 2.79. The van der Waals surface area contributed by atoms with Crippen LogP contribution in [0.4, 0.5) is 0 Å². The van der Waals surface area contributed by atoms with Crippen LogP contribution >= 0.6 is 11.3 Å². The summed E-state index contributed by atoms with van der Waals surface area (Å²) < 4.78 is 0. The number of thiophene rings is 1. The molecule has 86 valence electrons. The van der Waals surface area contributed by atoms with Crippen LogP contribution in [0.3, 0.4) is 0 Å². The highest BCUT2D eigenvalue weighted by molar-refractivity contribution is 7.12. The molecule has 2 unspecified atom stereocenters. The third-order valence-electron chi connectivity index (χ3n) is 3.67. The number of likely N-dealkylation sites (tertiary alicyclic amines) is 1. The summed E-state index contributed by atoms with van der Waals surface area (Å²) in [4.78, 5) is 15.1. The van der Waals surface area contributed by atoms with Gasteiger partial charge < -0.3 is 10.2 Å². The molecule has 1 aromatic rings. The van der Waals surface area contributed by atoms with Gasteiger partial charge >= 0.3 is 0 Å². The highest BCUT2D eigenvalue weighted by Crippen LogP contribution is 2.26. The molecule has 3 heterocycles. The minimum absolute atomic E-state index is 0.223. The van der Waals surface area contributed by atoms with Crippen molar-refractivity contribution < 1.29 is 4.79 Å². The summed E-state index contributed by atoms with van der Waals surface area (Å²) in [5.74, 6) is 0.901. The van der Waals surface area contributed by atoms with Crippen molar-refractivity contribution in [2.24, 2.45) is 5.92 Å². The van der Waals surface area contributed by atoms with Gasteiger partial charge in [0.2, 0.25) is 0 Å². The van der Waals surface area contributed by atoms with Crippen LogP contribution in [-0.2, 0) is 0 Å². The molecule has 0 spiro atoms. The smallest absolute Gasteiger partial charge is 0.263 e. The van der Waals surface area contributed by atoms with E-state index in [9.17, 15) is 4.79 Å². The predicted octanol–water partition coefficient (Wildman–Crippen LogP) is 1.57. The molecule has 0 radical (unpaired) electrons. The van der Waals surface area contributed by atoms with Crippen molar-refractivity contribution in [1.29, 1.82) is 0 Å². The Morgan fingerprint density at radius 3 is 3.25 bits per heavy atom. The van der Waals surface area contributed by atoms with Crippen LogP contribution in [0.15, 0.2) is 17.5 Å². The number of amides is 1. The molecule has 3 nitrogen and oxygen atoms in total. The van der Waals surface area contributed by atoms with Crippen molar-refractivity contribution in [2.75, 3.05) is 19.6 Å². The Morgan fingerprint density at radius 2 is 2.44 bits per heavy atom. The Labute approximate surface area is 99.5 Å². The molecule has 0 aliphatic carbocycles. The van der Waals surface area contributed by atoms with Gasteiger partial charge in [-0.05, 0) is 36.8 Å². The SMILES string of the molecule is O=C(c1cccs1)N1CCC2NCCC2C1. The second-order valence-corrected chi connectivity index (χ2v) is 5.57. The standard InChI is InChI=1S/C12H16N2OS/c15-12(11-2-1-7-16-11)14-6-4-10-9(8-14)3-5-13-10/h1-2,7,9-10,13H,3-6,8H2. The number of carbonyl (C=O) groups excluding carboxylic acids is 1. The summed E-state index contributed by atoms with van der Waals surface area (Å²) in [5, 5.41) is 5.49. The van der Waals surface area contributed by atoms with E-state index in [4.69, 9.17) is 0 Å². The fourth-order valence-corrected chi connectivity index (χ4v) is 3.48. The Balaban J connectivity index is 1.70. The van der Waals surface area contributed by atoms with E-state index in [0.29, 0.717) is 12.0 Å². The van der Waals surface area contributed by atoms with Gasteiger partial charge in [0.25, 0.3) is 5.91 Å². The van der Waals surface area contributed by atoms with Crippen molar-refractivity contribution in [1.82, 2.24) is 10.2 Å². The molecule has 4 heteroatoms. The van der Waals surface area contributed by atoms with Gasteiger partial charge in [-0.15, -0.1) is 11.3 Å². The summed E-state index contributed by atoms with van der Waals surface area (Å²) in [5.41, 5.74) is 0. The largest absolute Gasteiger partial charge is 0.338 e. The molecule has 0 bridgehead atoms. The molecular weight excluding hydrogens is 220 g/mol. The molecule has 2 aliphatic rings. The molecule has 2 fully saturated rings. The number of fused-ring (bicyclic) bond motifs is 1. The van der Waals surface area contributed by atoms with Crippen LogP contribution in [0.25, 0.3) is 0 Å². The van der Waals surface area contributed by atoms with Crippen LogP contribution < -0.4 is 5.32 Å². The van der Waals surface area contributed by atoms with Gasteiger partial charge in [0.15, 0.2) is 0 Å². The molecular formula is C12H16N2OS. The maximum Gasteiger partial charge on any atom is 0.263 e. The van der Waals surface area contributed by atoms with E-state index in [1.54, 1.807) is 11.3 Å². The van der Waals surface area contributed by atoms with Crippen molar-refractivity contribution in [3.63, 3.8) is 0 Å². The average Bonchev–Trinajstić information content (AvgIpc) is 2.98. The zero-order valence-electron chi connectivity index (χ0n) is 9.19. The zero-order valence-corrected chi connectivity index (χ0v) is 10.0. The second kappa shape index (κ2) is 4.18. The minimum atomic E-state index is 0.223. The van der Waals surface area contributed by atoms with E-state index in [0.717, 1.165) is 30.9 Å². The molecule has 2 atom stereocenters. The lowest BCUT2D eigenvalue weighted by atomic mass is 9.93. The van der Waals surface area contributed by atoms with E-state index in [-0.39, 0.29) is 5.91 Å². The number of carbonyl (C=O) groups is 1. The summed E-state index contributed by atoms with van der Waals surface area (Å²) in [6.45, 7) is 2.97. The van der Waals surface area contributed by atoms with Gasteiger partial charge in [0, 0.05) is 19.1 Å². The molecule has 1 amide bonds. The zero-order chi connectivity index (χ0) is 11.0.